The van der Waals surface area contributed by atoms with Gasteiger partial charge in [0.1, 0.15) is 23.7 Å². The van der Waals surface area contributed by atoms with Crippen LogP contribution in [0.3, 0.4) is 0 Å². The van der Waals surface area contributed by atoms with Gasteiger partial charge in [0, 0.05) is 12.7 Å². The summed E-state index contributed by atoms with van der Waals surface area (Å²) < 4.78 is 4.73. The summed E-state index contributed by atoms with van der Waals surface area (Å²) in [5.74, 6) is -1.52. The van der Waals surface area contributed by atoms with Gasteiger partial charge in [0.25, 0.3) is 0 Å². The summed E-state index contributed by atoms with van der Waals surface area (Å²) in [7, 11) is 0. The number of ether oxygens (including phenoxy) is 1. The Morgan fingerprint density at radius 1 is 1.60 bits per heavy atom. The largest absolute Gasteiger partial charge is 0.477 e. The van der Waals surface area contributed by atoms with Gasteiger partial charge >= 0.3 is 11.9 Å². The Labute approximate surface area is 119 Å². The molecule has 2 atom stereocenters. The van der Waals surface area contributed by atoms with Crippen LogP contribution in [0.5, 0.6) is 0 Å². The third-order valence-corrected chi connectivity index (χ3v) is 4.27. The first kappa shape index (κ1) is 14.6. The lowest BCUT2D eigenvalue weighted by molar-refractivity contribution is -0.147. The van der Waals surface area contributed by atoms with E-state index in [9.17, 15) is 19.5 Å². The minimum Gasteiger partial charge on any atom is -0.477 e. The van der Waals surface area contributed by atoms with Crippen molar-refractivity contribution >= 4 is 29.6 Å². The number of amides is 1. The Hall–Kier alpha value is -1.80. The van der Waals surface area contributed by atoms with E-state index in [1.165, 1.54) is 23.6 Å². The number of carbonyl (C=O) groups excluding carboxylic acids is 2. The molecule has 1 saturated heterocycles. The average molecular weight is 298 g/mol. The molecule has 1 fully saturated rings. The molecule has 0 aliphatic carbocycles. The number of carboxylic acids is 1. The number of esters is 1. The number of allylic oxidation sites excluding steroid dienone is 1. The molecule has 2 aliphatic rings. The molecule has 2 rings (SSSR count). The van der Waals surface area contributed by atoms with Gasteiger partial charge in [-0.05, 0) is 11.6 Å². The molecule has 2 aliphatic heterocycles. The van der Waals surface area contributed by atoms with E-state index in [-0.39, 0.29) is 23.6 Å². The van der Waals surface area contributed by atoms with E-state index < -0.39 is 18.0 Å². The normalized spacial score (nSPS) is 25.5. The number of nitrogens with two attached hydrogens (primary N) is 1. The minimum atomic E-state index is -1.16. The molecular formula is C12H14N2O5S. The first-order valence-electron chi connectivity index (χ1n) is 5.90. The number of nitrogens with zero attached hydrogens (tertiary/aromatic N) is 1. The molecule has 1 unspecified atom stereocenters. The molecule has 7 nitrogen and oxygen atoms in total. The molecule has 108 valence electrons. The molecule has 0 aromatic rings. The summed E-state index contributed by atoms with van der Waals surface area (Å²) in [6.07, 6.45) is 3.11. The van der Waals surface area contributed by atoms with E-state index in [2.05, 4.69) is 0 Å². The van der Waals surface area contributed by atoms with Crippen molar-refractivity contribution in [3.8, 4) is 0 Å². The van der Waals surface area contributed by atoms with Crippen LogP contribution in [0.25, 0.3) is 0 Å². The summed E-state index contributed by atoms with van der Waals surface area (Å²) in [6.45, 7) is 1.35. The highest BCUT2D eigenvalue weighted by Gasteiger charge is 2.51. The van der Waals surface area contributed by atoms with Gasteiger partial charge in [-0.2, -0.15) is 0 Å². The van der Waals surface area contributed by atoms with E-state index in [1.807, 2.05) is 0 Å². The lowest BCUT2D eigenvalue weighted by Crippen LogP contribution is -2.68. The molecule has 0 radical (unpaired) electrons. The quantitative estimate of drug-likeness (QED) is 0.541. The van der Waals surface area contributed by atoms with Crippen molar-refractivity contribution in [3.63, 3.8) is 0 Å². The summed E-state index contributed by atoms with van der Waals surface area (Å²) in [5.41, 5.74) is 6.10. The highest BCUT2D eigenvalue weighted by Crippen LogP contribution is 2.39. The van der Waals surface area contributed by atoms with Crippen molar-refractivity contribution in [2.24, 2.45) is 5.73 Å². The third-order valence-electron chi connectivity index (χ3n) is 2.94. The average Bonchev–Trinajstić information content (AvgIpc) is 2.41. The number of aliphatic carboxylic acids is 1. The molecule has 8 heteroatoms. The maximum atomic E-state index is 11.7. The van der Waals surface area contributed by atoms with E-state index in [1.54, 1.807) is 12.2 Å². The summed E-state index contributed by atoms with van der Waals surface area (Å²) in [4.78, 5) is 34.8. The first-order valence-corrected chi connectivity index (χ1v) is 6.95. The van der Waals surface area contributed by atoms with Crippen molar-refractivity contribution in [1.82, 2.24) is 4.90 Å². The molecule has 0 aromatic carbocycles. The number of β-lactam (4-membered cyclic amide) rings is 1. The minimum absolute atomic E-state index is 0.0421. The standard InChI is InChI=1S/C12H14N2O5S/c1-6(15)19-4-2-3-7-5-20-11-8(13)10(16)14(11)9(7)12(17)18/h2-3,8,11H,4-5,13H2,1H3,(H,17,18)/t8?,11-/m1/s1. The molecule has 0 aromatic heterocycles. The summed E-state index contributed by atoms with van der Waals surface area (Å²) in [5, 5.41) is 8.95. The lowest BCUT2D eigenvalue weighted by atomic mass is 10.0. The first-order chi connectivity index (χ1) is 9.43. The molecule has 3 N–H and O–H groups in total. The van der Waals surface area contributed by atoms with Gasteiger partial charge in [-0.3, -0.25) is 14.5 Å². The van der Waals surface area contributed by atoms with Crippen LogP contribution in [0, 0.1) is 0 Å². The number of rotatable bonds is 4. The van der Waals surface area contributed by atoms with Crippen LogP contribution >= 0.6 is 11.8 Å². The van der Waals surface area contributed by atoms with Gasteiger partial charge in [0.05, 0.1) is 0 Å². The fourth-order valence-electron chi connectivity index (χ4n) is 2.02. The third kappa shape index (κ3) is 2.56. The molecule has 20 heavy (non-hydrogen) atoms. The van der Waals surface area contributed by atoms with Crippen molar-refractivity contribution in [2.75, 3.05) is 12.4 Å². The van der Waals surface area contributed by atoms with Gasteiger partial charge < -0.3 is 15.6 Å². The SMILES string of the molecule is CC(=O)OCC=CC1=C(C(=O)O)N2C(=O)C(N)[C@H]2SC1. The van der Waals surface area contributed by atoms with Crippen LogP contribution in [-0.4, -0.2) is 51.6 Å². The fourth-order valence-corrected chi connectivity index (χ4v) is 3.29. The van der Waals surface area contributed by atoms with Gasteiger partial charge in [-0.15, -0.1) is 11.8 Å². The van der Waals surface area contributed by atoms with Crippen LogP contribution < -0.4 is 5.73 Å². The van der Waals surface area contributed by atoms with Crippen LogP contribution in [0.2, 0.25) is 0 Å². The van der Waals surface area contributed by atoms with Crippen molar-refractivity contribution in [1.29, 1.82) is 0 Å². The monoisotopic (exact) mass is 298 g/mol. The molecule has 0 bridgehead atoms. The van der Waals surface area contributed by atoms with Crippen molar-refractivity contribution in [2.45, 2.75) is 18.3 Å². The fraction of sp³-hybridized carbons (Fsp3) is 0.417. The lowest BCUT2D eigenvalue weighted by Gasteiger charge is -2.47. The Morgan fingerprint density at radius 2 is 2.30 bits per heavy atom. The van der Waals surface area contributed by atoms with E-state index >= 15 is 0 Å². The second-order valence-corrected chi connectivity index (χ2v) is 5.42. The zero-order valence-corrected chi connectivity index (χ0v) is 11.6. The molecule has 1 amide bonds. The number of fused-ring (bicyclic) bond motifs is 1. The number of carbonyl (C=O) groups is 3. The Kier molecular flexibility index (Phi) is 4.15. The number of thioether (sulfide) groups is 1. The van der Waals surface area contributed by atoms with Crippen LogP contribution in [0.4, 0.5) is 0 Å². The number of hydrogen-bond donors (Lipinski definition) is 2. The number of hydrogen-bond acceptors (Lipinski definition) is 6. The van der Waals surface area contributed by atoms with Crippen molar-refractivity contribution < 1.29 is 24.2 Å². The topological polar surface area (TPSA) is 110 Å². The highest BCUT2D eigenvalue weighted by atomic mass is 32.2. The molecule has 0 spiro atoms. The molecule has 2 heterocycles. The molecular weight excluding hydrogens is 284 g/mol. The predicted molar refractivity (Wildman–Crippen MR) is 71.5 cm³/mol. The second-order valence-electron chi connectivity index (χ2n) is 4.32. The zero-order valence-electron chi connectivity index (χ0n) is 10.7. The maximum Gasteiger partial charge on any atom is 0.352 e. The Balaban J connectivity index is 2.18. The van der Waals surface area contributed by atoms with Gasteiger partial charge in [-0.25, -0.2) is 4.79 Å². The molecule has 0 saturated carbocycles. The van der Waals surface area contributed by atoms with Crippen LogP contribution in [0.15, 0.2) is 23.4 Å². The van der Waals surface area contributed by atoms with Crippen molar-refractivity contribution in [3.05, 3.63) is 23.4 Å². The van der Waals surface area contributed by atoms with Gasteiger partial charge in [0.15, 0.2) is 0 Å². The Bertz CT molecular complexity index is 528. The zero-order chi connectivity index (χ0) is 14.9. The van der Waals surface area contributed by atoms with E-state index in [4.69, 9.17) is 10.5 Å². The van der Waals surface area contributed by atoms with Gasteiger partial charge in [-0.1, -0.05) is 6.08 Å². The van der Waals surface area contributed by atoms with E-state index in [0.29, 0.717) is 11.3 Å². The predicted octanol–water partition coefficient (Wildman–Crippen LogP) is -0.313. The smallest absolute Gasteiger partial charge is 0.352 e. The van der Waals surface area contributed by atoms with Crippen LogP contribution in [0.1, 0.15) is 6.92 Å². The maximum absolute atomic E-state index is 11.7. The Morgan fingerprint density at radius 3 is 2.90 bits per heavy atom. The van der Waals surface area contributed by atoms with Crippen LogP contribution in [-0.2, 0) is 19.1 Å². The number of carboxylic acid groups (broad SMARTS) is 1. The van der Waals surface area contributed by atoms with E-state index in [0.717, 1.165) is 0 Å². The summed E-state index contributed by atoms with van der Waals surface area (Å²) >= 11 is 1.42. The second kappa shape index (κ2) is 5.68. The highest BCUT2D eigenvalue weighted by molar-refractivity contribution is 8.00. The summed E-state index contributed by atoms with van der Waals surface area (Å²) in [6, 6.07) is -0.638. The van der Waals surface area contributed by atoms with Gasteiger partial charge in [0.2, 0.25) is 5.91 Å².